The standard InChI is InChI=1S/C11H11F2NO2/c1-11(2)7-5-6(16-10(12)13)3-4-8(7)14-9(11)15/h3-5,10H,1-2H3,(H,14,15). The van der Waals surface area contributed by atoms with Gasteiger partial charge >= 0.3 is 6.61 Å². The number of fused-ring (bicyclic) bond motifs is 1. The molecule has 0 bridgehead atoms. The molecule has 0 aliphatic carbocycles. The fraction of sp³-hybridized carbons (Fsp3) is 0.364. The van der Waals surface area contributed by atoms with Crippen LogP contribution in [0.1, 0.15) is 19.4 Å². The predicted molar refractivity (Wildman–Crippen MR) is 54.7 cm³/mol. The molecule has 1 amide bonds. The largest absolute Gasteiger partial charge is 0.435 e. The van der Waals surface area contributed by atoms with Crippen molar-refractivity contribution in [2.24, 2.45) is 0 Å². The molecule has 86 valence electrons. The number of carbonyl (C=O) groups is 1. The van der Waals surface area contributed by atoms with E-state index in [4.69, 9.17) is 0 Å². The number of halogens is 2. The Balaban J connectivity index is 2.40. The fourth-order valence-corrected chi connectivity index (χ4v) is 1.73. The van der Waals surface area contributed by atoms with Gasteiger partial charge in [0.25, 0.3) is 0 Å². The summed E-state index contributed by atoms with van der Waals surface area (Å²) in [4.78, 5) is 11.6. The van der Waals surface area contributed by atoms with E-state index < -0.39 is 12.0 Å². The van der Waals surface area contributed by atoms with Gasteiger partial charge in [0.05, 0.1) is 5.41 Å². The van der Waals surface area contributed by atoms with Crippen molar-refractivity contribution < 1.29 is 18.3 Å². The molecular weight excluding hydrogens is 216 g/mol. The normalized spacial score (nSPS) is 17.2. The van der Waals surface area contributed by atoms with Crippen LogP contribution in [0, 0.1) is 0 Å². The van der Waals surface area contributed by atoms with Crippen molar-refractivity contribution in [2.75, 3.05) is 5.32 Å². The quantitative estimate of drug-likeness (QED) is 0.843. The summed E-state index contributed by atoms with van der Waals surface area (Å²) in [5, 5.41) is 2.69. The maximum Gasteiger partial charge on any atom is 0.387 e. The summed E-state index contributed by atoms with van der Waals surface area (Å²) in [6, 6.07) is 4.45. The molecule has 0 unspecified atom stereocenters. The summed E-state index contributed by atoms with van der Waals surface area (Å²) in [5.74, 6) is -0.0741. The van der Waals surface area contributed by atoms with Crippen LogP contribution in [-0.4, -0.2) is 12.5 Å². The lowest BCUT2D eigenvalue weighted by Gasteiger charge is -2.15. The Labute approximate surface area is 91.4 Å². The van der Waals surface area contributed by atoms with Crippen LogP contribution in [0.3, 0.4) is 0 Å². The molecule has 1 aliphatic heterocycles. The molecule has 0 saturated carbocycles. The lowest BCUT2D eigenvalue weighted by molar-refractivity contribution is -0.119. The van der Waals surface area contributed by atoms with E-state index in [0.717, 1.165) is 0 Å². The molecule has 0 radical (unpaired) electrons. The number of nitrogens with one attached hydrogen (secondary N) is 1. The van der Waals surface area contributed by atoms with Gasteiger partial charge in [-0.25, -0.2) is 0 Å². The Bertz CT molecular complexity index is 444. The first-order chi connectivity index (χ1) is 7.41. The average Bonchev–Trinajstić information content (AvgIpc) is 2.39. The second-order valence-electron chi connectivity index (χ2n) is 4.17. The monoisotopic (exact) mass is 227 g/mol. The molecular formula is C11H11F2NO2. The minimum Gasteiger partial charge on any atom is -0.435 e. The molecule has 1 aliphatic rings. The van der Waals surface area contributed by atoms with Gasteiger partial charge in [-0.2, -0.15) is 8.78 Å². The number of amides is 1. The summed E-state index contributed by atoms with van der Waals surface area (Å²) in [6.45, 7) is 0.618. The first kappa shape index (κ1) is 10.9. The highest BCUT2D eigenvalue weighted by Crippen LogP contribution is 2.39. The Kier molecular flexibility index (Phi) is 2.33. The lowest BCUT2D eigenvalue weighted by Crippen LogP contribution is -2.26. The van der Waals surface area contributed by atoms with E-state index in [9.17, 15) is 13.6 Å². The lowest BCUT2D eigenvalue weighted by atomic mass is 9.86. The SMILES string of the molecule is CC1(C)C(=O)Nc2ccc(OC(F)F)cc21. The summed E-state index contributed by atoms with van der Waals surface area (Å²) < 4.78 is 28.4. The van der Waals surface area contributed by atoms with Crippen LogP contribution >= 0.6 is 0 Å². The van der Waals surface area contributed by atoms with Gasteiger partial charge in [-0.15, -0.1) is 0 Å². The molecule has 0 spiro atoms. The Hall–Kier alpha value is -1.65. The Morgan fingerprint density at radius 2 is 2.06 bits per heavy atom. The number of benzene rings is 1. The minimum absolute atomic E-state index is 0.0679. The second kappa shape index (κ2) is 3.43. The molecule has 16 heavy (non-hydrogen) atoms. The topological polar surface area (TPSA) is 38.3 Å². The molecule has 2 rings (SSSR count). The summed E-state index contributed by atoms with van der Waals surface area (Å²) >= 11 is 0. The van der Waals surface area contributed by atoms with Crippen LogP contribution < -0.4 is 10.1 Å². The third-order valence-electron chi connectivity index (χ3n) is 2.71. The van der Waals surface area contributed by atoms with Crippen LogP contribution in [-0.2, 0) is 10.2 Å². The number of hydrogen-bond acceptors (Lipinski definition) is 2. The van der Waals surface area contributed by atoms with E-state index in [-0.39, 0.29) is 11.7 Å². The van der Waals surface area contributed by atoms with Crippen LogP contribution in [0.25, 0.3) is 0 Å². The van der Waals surface area contributed by atoms with Gasteiger partial charge < -0.3 is 10.1 Å². The molecule has 1 N–H and O–H groups in total. The highest BCUT2D eigenvalue weighted by Gasteiger charge is 2.38. The van der Waals surface area contributed by atoms with Gasteiger partial charge in [-0.05, 0) is 37.6 Å². The molecule has 1 aromatic carbocycles. The maximum atomic E-state index is 12.0. The number of rotatable bonds is 2. The summed E-state index contributed by atoms with van der Waals surface area (Å²) in [6.07, 6.45) is 0. The highest BCUT2D eigenvalue weighted by atomic mass is 19.3. The smallest absolute Gasteiger partial charge is 0.387 e. The molecule has 0 saturated heterocycles. The maximum absolute atomic E-state index is 12.0. The van der Waals surface area contributed by atoms with Gasteiger partial charge in [0.15, 0.2) is 0 Å². The molecule has 0 atom stereocenters. The third-order valence-corrected chi connectivity index (χ3v) is 2.71. The van der Waals surface area contributed by atoms with Gasteiger partial charge in [-0.3, -0.25) is 4.79 Å². The predicted octanol–water partition coefficient (Wildman–Crippen LogP) is 2.52. The van der Waals surface area contributed by atoms with Crippen molar-refractivity contribution in [2.45, 2.75) is 25.9 Å². The van der Waals surface area contributed by atoms with E-state index in [1.807, 2.05) is 0 Å². The van der Waals surface area contributed by atoms with Crippen LogP contribution in [0.4, 0.5) is 14.5 Å². The van der Waals surface area contributed by atoms with Crippen molar-refractivity contribution in [3.63, 3.8) is 0 Å². The molecule has 1 aromatic rings. The van der Waals surface area contributed by atoms with Gasteiger partial charge in [0, 0.05) is 5.69 Å². The molecule has 0 fully saturated rings. The minimum atomic E-state index is -2.86. The van der Waals surface area contributed by atoms with E-state index in [1.54, 1.807) is 19.9 Å². The number of carbonyl (C=O) groups excluding carboxylic acids is 1. The highest BCUT2D eigenvalue weighted by molar-refractivity contribution is 6.05. The number of ether oxygens (including phenoxy) is 1. The van der Waals surface area contributed by atoms with E-state index in [1.165, 1.54) is 12.1 Å². The van der Waals surface area contributed by atoms with Gasteiger partial charge in [-0.1, -0.05) is 0 Å². The molecule has 0 aromatic heterocycles. The van der Waals surface area contributed by atoms with Gasteiger partial charge in [0.2, 0.25) is 5.91 Å². The number of alkyl halides is 2. The number of hydrogen-bond donors (Lipinski definition) is 1. The van der Waals surface area contributed by atoms with Crippen molar-refractivity contribution in [3.05, 3.63) is 23.8 Å². The first-order valence-electron chi connectivity index (χ1n) is 4.82. The zero-order valence-electron chi connectivity index (χ0n) is 8.88. The Morgan fingerprint density at radius 1 is 1.38 bits per heavy atom. The van der Waals surface area contributed by atoms with E-state index in [2.05, 4.69) is 10.1 Å². The zero-order chi connectivity index (χ0) is 11.9. The molecule has 5 heteroatoms. The Morgan fingerprint density at radius 3 is 2.69 bits per heavy atom. The second-order valence-corrected chi connectivity index (χ2v) is 4.17. The summed E-state index contributed by atoms with van der Waals surface area (Å²) in [7, 11) is 0. The van der Waals surface area contributed by atoms with E-state index >= 15 is 0 Å². The molecule has 1 heterocycles. The van der Waals surface area contributed by atoms with Gasteiger partial charge in [0.1, 0.15) is 5.75 Å². The molecule has 3 nitrogen and oxygen atoms in total. The van der Waals surface area contributed by atoms with Crippen LogP contribution in [0.2, 0.25) is 0 Å². The van der Waals surface area contributed by atoms with E-state index in [0.29, 0.717) is 11.3 Å². The van der Waals surface area contributed by atoms with Crippen molar-refractivity contribution in [1.29, 1.82) is 0 Å². The average molecular weight is 227 g/mol. The zero-order valence-corrected chi connectivity index (χ0v) is 8.88. The van der Waals surface area contributed by atoms with Crippen molar-refractivity contribution in [3.8, 4) is 5.75 Å². The number of anilines is 1. The van der Waals surface area contributed by atoms with Crippen LogP contribution in [0.15, 0.2) is 18.2 Å². The van der Waals surface area contributed by atoms with Crippen molar-refractivity contribution in [1.82, 2.24) is 0 Å². The third kappa shape index (κ3) is 1.62. The van der Waals surface area contributed by atoms with Crippen molar-refractivity contribution >= 4 is 11.6 Å². The fourth-order valence-electron chi connectivity index (χ4n) is 1.73. The first-order valence-corrected chi connectivity index (χ1v) is 4.82. The summed E-state index contributed by atoms with van der Waals surface area (Å²) in [5.41, 5.74) is 0.615. The van der Waals surface area contributed by atoms with Crippen LogP contribution in [0.5, 0.6) is 5.75 Å².